The van der Waals surface area contributed by atoms with Crippen LogP contribution in [0.5, 0.6) is 5.88 Å². The lowest BCUT2D eigenvalue weighted by atomic mass is 10.2. The van der Waals surface area contributed by atoms with Crippen molar-refractivity contribution in [1.29, 1.82) is 0 Å². The van der Waals surface area contributed by atoms with Crippen molar-refractivity contribution < 1.29 is 19.1 Å². The lowest BCUT2D eigenvalue weighted by Gasteiger charge is -2.00. The number of carbonyl (C=O) groups excluding carboxylic acids is 2. The summed E-state index contributed by atoms with van der Waals surface area (Å²) in [6.07, 6.45) is 0. The van der Waals surface area contributed by atoms with Gasteiger partial charge in [-0.1, -0.05) is 15.9 Å². The third-order valence-electron chi connectivity index (χ3n) is 2.53. The number of hydrogen-bond donors (Lipinski definition) is 0. The van der Waals surface area contributed by atoms with Crippen molar-refractivity contribution in [1.82, 2.24) is 9.78 Å². The third kappa shape index (κ3) is 3.05. The van der Waals surface area contributed by atoms with Crippen molar-refractivity contribution in [2.45, 2.75) is 0 Å². The van der Waals surface area contributed by atoms with Crippen LogP contribution in [-0.4, -0.2) is 28.8 Å². The minimum absolute atomic E-state index is 0.0424. The normalized spacial score (nSPS) is 10.2. The molecule has 104 valence electrons. The molecule has 1 heterocycles. The Hall–Kier alpha value is -2.15. The maximum absolute atomic E-state index is 11.9. The van der Waals surface area contributed by atoms with Gasteiger partial charge in [0.25, 0.3) is 0 Å². The van der Waals surface area contributed by atoms with Crippen LogP contribution in [0.1, 0.15) is 20.8 Å². The first-order chi connectivity index (χ1) is 9.51. The molecule has 20 heavy (non-hydrogen) atoms. The third-order valence-corrected chi connectivity index (χ3v) is 3.06. The summed E-state index contributed by atoms with van der Waals surface area (Å²) in [6, 6.07) is 8.06. The van der Waals surface area contributed by atoms with E-state index in [0.29, 0.717) is 5.56 Å². The van der Waals surface area contributed by atoms with Gasteiger partial charge in [0, 0.05) is 17.6 Å². The van der Waals surface area contributed by atoms with E-state index in [1.54, 1.807) is 31.3 Å². The molecule has 0 saturated heterocycles. The molecule has 1 aromatic carbocycles. The molecule has 0 fully saturated rings. The number of halogens is 1. The molecule has 0 atom stereocenters. The fourth-order valence-electron chi connectivity index (χ4n) is 1.53. The quantitative estimate of drug-likeness (QED) is 0.802. The maximum atomic E-state index is 11.9. The Bertz CT molecular complexity index is 649. The Balaban J connectivity index is 2.16. The molecular weight excluding hydrogens is 328 g/mol. The van der Waals surface area contributed by atoms with Gasteiger partial charge in [-0.05, 0) is 24.3 Å². The van der Waals surface area contributed by atoms with Gasteiger partial charge < -0.3 is 9.47 Å². The molecule has 0 amide bonds. The van der Waals surface area contributed by atoms with E-state index in [1.165, 1.54) is 17.9 Å². The van der Waals surface area contributed by atoms with Gasteiger partial charge in [-0.3, -0.25) is 4.68 Å². The first-order valence-electron chi connectivity index (χ1n) is 5.61. The smallest absolute Gasteiger partial charge is 0.356 e. The molecule has 2 rings (SSSR count). The molecule has 7 heteroatoms. The minimum Gasteiger partial charge on any atom is -0.464 e. The summed E-state index contributed by atoms with van der Waals surface area (Å²) < 4.78 is 11.8. The van der Waals surface area contributed by atoms with Gasteiger partial charge in [0.15, 0.2) is 0 Å². The van der Waals surface area contributed by atoms with Crippen LogP contribution in [0.2, 0.25) is 0 Å². The first kappa shape index (κ1) is 14.3. The van der Waals surface area contributed by atoms with E-state index in [1.807, 2.05) is 0 Å². The number of esters is 2. The number of benzene rings is 1. The molecule has 0 N–H and O–H groups in total. The Labute approximate surface area is 123 Å². The highest BCUT2D eigenvalue weighted by Gasteiger charge is 2.17. The lowest BCUT2D eigenvalue weighted by Crippen LogP contribution is -2.09. The zero-order chi connectivity index (χ0) is 14.7. The van der Waals surface area contributed by atoms with E-state index in [0.717, 1.165) is 4.47 Å². The van der Waals surface area contributed by atoms with Gasteiger partial charge in [-0.2, -0.15) is 0 Å². The molecule has 2 aromatic rings. The molecule has 0 radical (unpaired) electrons. The number of ether oxygens (including phenoxy) is 2. The average molecular weight is 339 g/mol. The SMILES string of the molecule is COC(=O)c1cc(OC(=O)c2ccc(Br)cc2)nn1C. The van der Waals surface area contributed by atoms with E-state index >= 15 is 0 Å². The number of nitrogens with zero attached hydrogens (tertiary/aromatic N) is 2. The van der Waals surface area contributed by atoms with Crippen molar-refractivity contribution in [2.24, 2.45) is 7.05 Å². The number of hydrogen-bond acceptors (Lipinski definition) is 5. The summed E-state index contributed by atoms with van der Waals surface area (Å²) in [6.45, 7) is 0. The van der Waals surface area contributed by atoms with E-state index in [4.69, 9.17) is 4.74 Å². The summed E-state index contributed by atoms with van der Waals surface area (Å²) in [5, 5.41) is 3.93. The largest absolute Gasteiger partial charge is 0.464 e. The van der Waals surface area contributed by atoms with E-state index in [2.05, 4.69) is 25.8 Å². The first-order valence-corrected chi connectivity index (χ1v) is 6.40. The standard InChI is InChI=1S/C13H11BrN2O4/c1-16-10(13(18)19-2)7-11(15-16)20-12(17)8-3-5-9(14)6-4-8/h3-7H,1-2H3. The molecule has 0 bridgehead atoms. The number of rotatable bonds is 3. The van der Waals surface area contributed by atoms with Crippen LogP contribution in [0.3, 0.4) is 0 Å². The highest BCUT2D eigenvalue weighted by Crippen LogP contribution is 2.15. The zero-order valence-corrected chi connectivity index (χ0v) is 12.4. The summed E-state index contributed by atoms with van der Waals surface area (Å²) in [4.78, 5) is 23.3. The van der Waals surface area contributed by atoms with E-state index in [-0.39, 0.29) is 11.6 Å². The van der Waals surface area contributed by atoms with Crippen molar-refractivity contribution >= 4 is 27.9 Å². The number of methoxy groups -OCH3 is 1. The van der Waals surface area contributed by atoms with Gasteiger partial charge in [-0.15, -0.1) is 5.10 Å². The van der Waals surface area contributed by atoms with Crippen LogP contribution >= 0.6 is 15.9 Å². The van der Waals surface area contributed by atoms with Crippen LogP contribution < -0.4 is 4.74 Å². The molecule has 1 aromatic heterocycles. The van der Waals surface area contributed by atoms with E-state index in [9.17, 15) is 9.59 Å². The van der Waals surface area contributed by atoms with Crippen molar-refractivity contribution in [2.75, 3.05) is 7.11 Å². The van der Waals surface area contributed by atoms with Crippen LogP contribution in [0.4, 0.5) is 0 Å². The minimum atomic E-state index is -0.550. The van der Waals surface area contributed by atoms with Gasteiger partial charge in [0.2, 0.25) is 5.88 Å². The molecule has 0 aliphatic carbocycles. The maximum Gasteiger partial charge on any atom is 0.356 e. The van der Waals surface area contributed by atoms with Crippen LogP contribution in [0, 0.1) is 0 Å². The summed E-state index contributed by atoms with van der Waals surface area (Å²) in [7, 11) is 2.83. The summed E-state index contributed by atoms with van der Waals surface area (Å²) in [5.74, 6) is -1.06. The van der Waals surface area contributed by atoms with Crippen molar-refractivity contribution in [3.63, 3.8) is 0 Å². The fourth-order valence-corrected chi connectivity index (χ4v) is 1.79. The second kappa shape index (κ2) is 5.87. The van der Waals surface area contributed by atoms with Gasteiger partial charge >= 0.3 is 11.9 Å². The van der Waals surface area contributed by atoms with Crippen LogP contribution in [0.25, 0.3) is 0 Å². The second-order valence-corrected chi connectivity index (χ2v) is 4.80. The Morgan fingerprint density at radius 2 is 1.85 bits per heavy atom. The Kier molecular flexibility index (Phi) is 4.19. The average Bonchev–Trinajstić information content (AvgIpc) is 2.79. The van der Waals surface area contributed by atoms with Crippen LogP contribution in [-0.2, 0) is 11.8 Å². The Morgan fingerprint density at radius 1 is 1.20 bits per heavy atom. The van der Waals surface area contributed by atoms with Gasteiger partial charge in [0.05, 0.1) is 12.7 Å². The van der Waals surface area contributed by atoms with Crippen molar-refractivity contribution in [3.05, 3.63) is 46.1 Å². The van der Waals surface area contributed by atoms with Crippen molar-refractivity contribution in [3.8, 4) is 5.88 Å². The number of aryl methyl sites for hydroxylation is 1. The second-order valence-electron chi connectivity index (χ2n) is 3.88. The summed E-state index contributed by atoms with van der Waals surface area (Å²) in [5.41, 5.74) is 0.588. The zero-order valence-electron chi connectivity index (χ0n) is 10.8. The topological polar surface area (TPSA) is 70.4 Å². The highest BCUT2D eigenvalue weighted by atomic mass is 79.9. The molecule has 0 aliphatic heterocycles. The predicted molar refractivity (Wildman–Crippen MR) is 73.6 cm³/mol. The summed E-state index contributed by atoms with van der Waals surface area (Å²) >= 11 is 3.28. The monoisotopic (exact) mass is 338 g/mol. The van der Waals surface area contributed by atoms with Gasteiger partial charge in [-0.25, -0.2) is 9.59 Å². The molecule has 0 spiro atoms. The van der Waals surface area contributed by atoms with Crippen LogP contribution in [0.15, 0.2) is 34.8 Å². The van der Waals surface area contributed by atoms with E-state index < -0.39 is 11.9 Å². The molecular formula is C13H11BrN2O4. The fraction of sp³-hybridized carbons (Fsp3) is 0.154. The molecule has 0 saturated carbocycles. The Morgan fingerprint density at radius 3 is 2.45 bits per heavy atom. The number of carbonyl (C=O) groups is 2. The predicted octanol–water partition coefficient (Wildman–Crippen LogP) is 2.19. The molecule has 6 nitrogen and oxygen atoms in total. The van der Waals surface area contributed by atoms with Gasteiger partial charge in [0.1, 0.15) is 5.69 Å². The molecule has 0 aliphatic rings. The highest BCUT2D eigenvalue weighted by molar-refractivity contribution is 9.10. The number of aromatic nitrogens is 2. The lowest BCUT2D eigenvalue weighted by molar-refractivity contribution is 0.0587. The molecule has 0 unspecified atom stereocenters.